The molecule has 5 rings (SSSR count). The first-order chi connectivity index (χ1) is 12.7. The van der Waals surface area contributed by atoms with Crippen molar-refractivity contribution in [1.29, 1.82) is 0 Å². The quantitative estimate of drug-likeness (QED) is 0.566. The normalized spacial score (nSPS) is 18.6. The van der Waals surface area contributed by atoms with Crippen molar-refractivity contribution in [2.45, 2.75) is 18.9 Å². The molecule has 0 amide bonds. The molecule has 6 nitrogen and oxygen atoms in total. The number of imidazole rings is 1. The largest absolute Gasteiger partial charge is 0.472 e. The topological polar surface area (TPSA) is 55.8 Å². The molecular weight excluding hydrogens is 328 g/mol. The monoisotopic (exact) mass is 348 g/mol. The number of aromatic nitrogens is 3. The molecule has 0 spiro atoms. The van der Waals surface area contributed by atoms with E-state index in [9.17, 15) is 0 Å². The molecule has 1 aliphatic heterocycles. The lowest BCUT2D eigenvalue weighted by Crippen LogP contribution is -2.38. The molecule has 0 radical (unpaired) electrons. The summed E-state index contributed by atoms with van der Waals surface area (Å²) in [5, 5.41) is 5.63. The van der Waals surface area contributed by atoms with Gasteiger partial charge in [0.15, 0.2) is 11.4 Å². The lowest BCUT2D eigenvalue weighted by Gasteiger charge is -2.29. The van der Waals surface area contributed by atoms with Gasteiger partial charge in [-0.1, -0.05) is 18.2 Å². The van der Waals surface area contributed by atoms with E-state index in [2.05, 4.69) is 22.0 Å². The van der Waals surface area contributed by atoms with Crippen LogP contribution in [0.1, 0.15) is 12.8 Å². The molecule has 1 unspecified atom stereocenters. The molecule has 26 heavy (non-hydrogen) atoms. The summed E-state index contributed by atoms with van der Waals surface area (Å²) in [6.07, 6.45) is 4.30. The lowest BCUT2D eigenvalue weighted by atomic mass is 10.1. The second-order valence-electron chi connectivity index (χ2n) is 6.89. The summed E-state index contributed by atoms with van der Waals surface area (Å²) in [6.45, 7) is 2.07. The van der Waals surface area contributed by atoms with Crippen LogP contribution < -0.4 is 4.74 Å². The van der Waals surface area contributed by atoms with E-state index in [0.29, 0.717) is 5.88 Å². The lowest BCUT2D eigenvalue weighted by molar-refractivity contribution is 0.0988. The van der Waals surface area contributed by atoms with E-state index in [-0.39, 0.29) is 6.10 Å². The number of benzene rings is 1. The van der Waals surface area contributed by atoms with Gasteiger partial charge in [0.2, 0.25) is 5.88 Å². The molecule has 1 aromatic carbocycles. The minimum absolute atomic E-state index is 0.192. The van der Waals surface area contributed by atoms with Crippen LogP contribution >= 0.6 is 0 Å². The van der Waals surface area contributed by atoms with Crippen molar-refractivity contribution in [3.63, 3.8) is 0 Å². The second-order valence-corrected chi connectivity index (χ2v) is 6.89. The van der Waals surface area contributed by atoms with Gasteiger partial charge in [-0.3, -0.25) is 0 Å². The van der Waals surface area contributed by atoms with Crippen LogP contribution in [0.3, 0.4) is 0 Å². The standard InChI is InChI=1S/C20H20N4O2/c1-23-10-4-6-15(12-23)25-20-9-8-19-21-16(13-24(19)22-20)18-11-14-5-2-3-7-17(14)26-18/h2-3,5,7-9,11,13,15H,4,6,10,12H2,1H3. The summed E-state index contributed by atoms with van der Waals surface area (Å²) in [6, 6.07) is 13.8. The average Bonchev–Trinajstić information content (AvgIpc) is 3.25. The highest BCUT2D eigenvalue weighted by atomic mass is 16.5. The number of likely N-dealkylation sites (tertiary alicyclic amines) is 1. The number of ether oxygens (including phenoxy) is 1. The highest BCUT2D eigenvalue weighted by Crippen LogP contribution is 2.27. The number of rotatable bonds is 3. The SMILES string of the molecule is CN1CCCC(Oc2ccc3nc(-c4cc5ccccc5o4)cn3n2)C1. The molecule has 0 saturated carbocycles. The molecule has 0 N–H and O–H groups in total. The van der Waals surface area contributed by atoms with Gasteiger partial charge in [-0.05, 0) is 44.6 Å². The van der Waals surface area contributed by atoms with Crippen LogP contribution in [-0.2, 0) is 0 Å². The minimum atomic E-state index is 0.192. The first kappa shape index (κ1) is 15.4. The zero-order valence-electron chi connectivity index (χ0n) is 14.6. The van der Waals surface area contributed by atoms with Gasteiger partial charge in [0.05, 0.1) is 6.20 Å². The smallest absolute Gasteiger partial charge is 0.232 e. The third-order valence-electron chi connectivity index (χ3n) is 4.84. The highest BCUT2D eigenvalue weighted by molar-refractivity contribution is 5.82. The van der Waals surface area contributed by atoms with Crippen molar-refractivity contribution in [3.05, 3.63) is 48.7 Å². The fourth-order valence-corrected chi connectivity index (χ4v) is 3.54. The number of para-hydroxylation sites is 1. The Morgan fingerprint density at radius 1 is 1.19 bits per heavy atom. The van der Waals surface area contributed by atoms with E-state index in [1.54, 1.807) is 4.52 Å². The van der Waals surface area contributed by atoms with E-state index >= 15 is 0 Å². The van der Waals surface area contributed by atoms with E-state index in [1.165, 1.54) is 0 Å². The average molecular weight is 348 g/mol. The van der Waals surface area contributed by atoms with Crippen LogP contribution in [0.25, 0.3) is 28.1 Å². The second kappa shape index (κ2) is 6.14. The van der Waals surface area contributed by atoms with Crippen molar-refractivity contribution in [3.8, 4) is 17.3 Å². The van der Waals surface area contributed by atoms with E-state index in [4.69, 9.17) is 9.15 Å². The molecule has 1 saturated heterocycles. The molecule has 0 aliphatic carbocycles. The van der Waals surface area contributed by atoms with Crippen LogP contribution in [0.5, 0.6) is 5.88 Å². The summed E-state index contributed by atoms with van der Waals surface area (Å²) in [5.41, 5.74) is 2.40. The Balaban J connectivity index is 1.44. The first-order valence-electron chi connectivity index (χ1n) is 8.95. The van der Waals surface area contributed by atoms with E-state index < -0.39 is 0 Å². The minimum Gasteiger partial charge on any atom is -0.472 e. The zero-order valence-corrected chi connectivity index (χ0v) is 14.6. The molecule has 4 heterocycles. The molecule has 1 fully saturated rings. The molecule has 6 heteroatoms. The fourth-order valence-electron chi connectivity index (χ4n) is 3.54. The number of hydrogen-bond acceptors (Lipinski definition) is 5. The van der Waals surface area contributed by atoms with Crippen molar-refractivity contribution < 1.29 is 9.15 Å². The maximum atomic E-state index is 6.07. The van der Waals surface area contributed by atoms with Gasteiger partial charge in [0.25, 0.3) is 0 Å². The van der Waals surface area contributed by atoms with Gasteiger partial charge in [-0.15, -0.1) is 5.10 Å². The molecule has 4 aromatic rings. The summed E-state index contributed by atoms with van der Waals surface area (Å²) in [5.74, 6) is 1.37. The van der Waals surface area contributed by atoms with Crippen molar-refractivity contribution in [1.82, 2.24) is 19.5 Å². The Kier molecular flexibility index (Phi) is 3.64. The highest BCUT2D eigenvalue weighted by Gasteiger charge is 2.19. The Hall–Kier alpha value is -2.86. The number of nitrogens with zero attached hydrogens (tertiary/aromatic N) is 4. The maximum Gasteiger partial charge on any atom is 0.232 e. The Morgan fingerprint density at radius 3 is 3.00 bits per heavy atom. The van der Waals surface area contributed by atoms with Crippen LogP contribution in [0.15, 0.2) is 53.1 Å². The van der Waals surface area contributed by atoms with Crippen LogP contribution in [0.4, 0.5) is 0 Å². The van der Waals surface area contributed by atoms with Crippen LogP contribution in [0.2, 0.25) is 0 Å². The van der Waals surface area contributed by atoms with Crippen LogP contribution in [0, 0.1) is 0 Å². The molecule has 3 aromatic heterocycles. The third kappa shape index (κ3) is 2.82. The molecule has 0 bridgehead atoms. The number of piperidine rings is 1. The van der Waals surface area contributed by atoms with E-state index in [1.807, 2.05) is 48.7 Å². The van der Waals surface area contributed by atoms with Crippen LogP contribution in [-0.4, -0.2) is 45.7 Å². The maximum absolute atomic E-state index is 6.07. The third-order valence-corrected chi connectivity index (χ3v) is 4.84. The van der Waals surface area contributed by atoms with Gasteiger partial charge < -0.3 is 14.1 Å². The summed E-state index contributed by atoms with van der Waals surface area (Å²) in [4.78, 5) is 6.92. The Bertz CT molecular complexity index is 1030. The number of likely N-dealkylation sites (N-methyl/N-ethyl adjacent to an activating group) is 1. The number of fused-ring (bicyclic) bond motifs is 2. The predicted molar refractivity (Wildman–Crippen MR) is 99.3 cm³/mol. The van der Waals surface area contributed by atoms with Crippen molar-refractivity contribution >= 4 is 16.6 Å². The summed E-state index contributed by atoms with van der Waals surface area (Å²) in [7, 11) is 2.13. The van der Waals surface area contributed by atoms with Gasteiger partial charge in [-0.25, -0.2) is 9.50 Å². The van der Waals surface area contributed by atoms with Crippen molar-refractivity contribution in [2.24, 2.45) is 0 Å². The van der Waals surface area contributed by atoms with Gasteiger partial charge >= 0.3 is 0 Å². The zero-order chi connectivity index (χ0) is 17.5. The Labute approximate surface area is 151 Å². The molecular formula is C20H20N4O2. The first-order valence-corrected chi connectivity index (χ1v) is 8.95. The van der Waals surface area contributed by atoms with Gasteiger partial charge in [0, 0.05) is 18.0 Å². The summed E-state index contributed by atoms with van der Waals surface area (Å²) < 4.78 is 13.7. The number of furan rings is 1. The Morgan fingerprint density at radius 2 is 2.12 bits per heavy atom. The molecule has 1 aliphatic rings. The molecule has 132 valence electrons. The predicted octanol–water partition coefficient (Wildman–Crippen LogP) is 3.62. The summed E-state index contributed by atoms with van der Waals surface area (Å²) >= 11 is 0. The van der Waals surface area contributed by atoms with Crippen molar-refractivity contribution in [2.75, 3.05) is 20.1 Å². The molecule has 1 atom stereocenters. The number of hydrogen-bond donors (Lipinski definition) is 0. The van der Waals surface area contributed by atoms with Gasteiger partial charge in [0.1, 0.15) is 17.4 Å². The fraction of sp³-hybridized carbons (Fsp3) is 0.300. The van der Waals surface area contributed by atoms with E-state index in [0.717, 1.165) is 54.0 Å². The van der Waals surface area contributed by atoms with Gasteiger partial charge in [-0.2, -0.15) is 0 Å².